The first-order valence-corrected chi connectivity index (χ1v) is 5.94. The van der Waals surface area contributed by atoms with Gasteiger partial charge in [0.05, 0.1) is 18.0 Å². The average molecular weight is 223 g/mol. The molecular weight excluding hydrogens is 202 g/mol. The van der Waals surface area contributed by atoms with Crippen LogP contribution in [0, 0.1) is 11.3 Å². The number of nitriles is 1. The Balaban J connectivity index is 2.65. The van der Waals surface area contributed by atoms with Gasteiger partial charge in [-0.1, -0.05) is 19.3 Å². The van der Waals surface area contributed by atoms with E-state index in [0.29, 0.717) is 6.42 Å². The molecule has 0 spiro atoms. The number of hydrogen-bond donors (Lipinski definition) is 1. The smallest absolute Gasteiger partial charge is 0.242 e. The van der Waals surface area contributed by atoms with Crippen molar-refractivity contribution < 1.29 is 4.79 Å². The molecule has 0 radical (unpaired) electrons. The molecule has 0 bridgehead atoms. The predicted molar refractivity (Wildman–Crippen MR) is 62.5 cm³/mol. The van der Waals surface area contributed by atoms with Gasteiger partial charge in [-0.3, -0.25) is 4.79 Å². The molecule has 0 aliphatic heterocycles. The SMILES string of the molecule is CC(CC#N)N(C)C(=O)C1(N)CCCCC1. The Bertz CT molecular complexity index is 289. The van der Waals surface area contributed by atoms with Crippen LogP contribution in [-0.4, -0.2) is 29.4 Å². The third kappa shape index (κ3) is 2.73. The molecule has 0 aromatic heterocycles. The van der Waals surface area contributed by atoms with E-state index in [2.05, 4.69) is 6.07 Å². The Kier molecular flexibility index (Phi) is 4.31. The Morgan fingerprint density at radius 2 is 2.06 bits per heavy atom. The van der Waals surface area contributed by atoms with Crippen LogP contribution in [0.4, 0.5) is 0 Å². The molecule has 0 aromatic carbocycles. The van der Waals surface area contributed by atoms with E-state index in [-0.39, 0.29) is 11.9 Å². The fraction of sp³-hybridized carbons (Fsp3) is 0.833. The first-order valence-electron chi connectivity index (χ1n) is 5.94. The minimum Gasteiger partial charge on any atom is -0.340 e. The summed E-state index contributed by atoms with van der Waals surface area (Å²) < 4.78 is 0. The maximum atomic E-state index is 12.2. The number of likely N-dealkylation sites (N-methyl/N-ethyl adjacent to an activating group) is 1. The van der Waals surface area contributed by atoms with Gasteiger partial charge in [0.15, 0.2) is 0 Å². The summed E-state index contributed by atoms with van der Waals surface area (Å²) in [5.74, 6) is -0.00468. The van der Waals surface area contributed by atoms with Crippen molar-refractivity contribution in [2.45, 2.75) is 57.0 Å². The van der Waals surface area contributed by atoms with Gasteiger partial charge in [-0.15, -0.1) is 0 Å². The third-order valence-electron chi connectivity index (χ3n) is 3.54. The number of carbonyl (C=O) groups is 1. The highest BCUT2D eigenvalue weighted by atomic mass is 16.2. The largest absolute Gasteiger partial charge is 0.340 e. The second kappa shape index (κ2) is 5.31. The molecule has 1 rings (SSSR count). The van der Waals surface area contributed by atoms with Crippen molar-refractivity contribution in [3.63, 3.8) is 0 Å². The van der Waals surface area contributed by atoms with Crippen molar-refractivity contribution in [3.05, 3.63) is 0 Å². The third-order valence-corrected chi connectivity index (χ3v) is 3.54. The van der Waals surface area contributed by atoms with Crippen molar-refractivity contribution in [3.8, 4) is 6.07 Å². The summed E-state index contributed by atoms with van der Waals surface area (Å²) in [6.45, 7) is 1.88. The standard InChI is InChI=1S/C12H21N3O/c1-10(6-9-13)15(2)11(16)12(14)7-4-3-5-8-12/h10H,3-8,14H2,1-2H3. The number of amides is 1. The van der Waals surface area contributed by atoms with E-state index in [1.54, 1.807) is 11.9 Å². The molecule has 4 nitrogen and oxygen atoms in total. The van der Waals surface area contributed by atoms with Crippen LogP contribution in [0.1, 0.15) is 45.4 Å². The highest BCUT2D eigenvalue weighted by Crippen LogP contribution is 2.28. The summed E-state index contributed by atoms with van der Waals surface area (Å²) >= 11 is 0. The second-order valence-electron chi connectivity index (χ2n) is 4.84. The van der Waals surface area contributed by atoms with Crippen LogP contribution in [0.3, 0.4) is 0 Å². The van der Waals surface area contributed by atoms with E-state index in [4.69, 9.17) is 11.0 Å². The Hall–Kier alpha value is -1.08. The van der Waals surface area contributed by atoms with Crippen molar-refractivity contribution in [1.29, 1.82) is 5.26 Å². The maximum absolute atomic E-state index is 12.2. The molecule has 1 fully saturated rings. The fourth-order valence-electron chi connectivity index (χ4n) is 2.22. The van der Waals surface area contributed by atoms with E-state index in [0.717, 1.165) is 25.7 Å². The van der Waals surface area contributed by atoms with Crippen LogP contribution in [-0.2, 0) is 4.79 Å². The summed E-state index contributed by atoms with van der Waals surface area (Å²) in [6, 6.07) is 2.03. The van der Waals surface area contributed by atoms with E-state index in [1.165, 1.54) is 6.42 Å². The first-order chi connectivity index (χ1) is 7.51. The predicted octanol–water partition coefficient (Wildman–Crippen LogP) is 1.41. The van der Waals surface area contributed by atoms with E-state index in [1.807, 2.05) is 6.92 Å². The van der Waals surface area contributed by atoms with Crippen molar-refractivity contribution >= 4 is 5.91 Å². The number of nitrogens with zero attached hydrogens (tertiary/aromatic N) is 2. The molecule has 0 aromatic rings. The summed E-state index contributed by atoms with van der Waals surface area (Å²) in [4.78, 5) is 13.9. The lowest BCUT2D eigenvalue weighted by Crippen LogP contribution is -2.57. The van der Waals surface area contributed by atoms with Gasteiger partial charge in [0.2, 0.25) is 5.91 Å². The molecule has 1 aliphatic carbocycles. The van der Waals surface area contributed by atoms with E-state index >= 15 is 0 Å². The van der Waals surface area contributed by atoms with Crippen molar-refractivity contribution in [2.75, 3.05) is 7.05 Å². The highest BCUT2D eigenvalue weighted by Gasteiger charge is 2.38. The zero-order valence-corrected chi connectivity index (χ0v) is 10.2. The molecule has 0 saturated heterocycles. The zero-order valence-electron chi connectivity index (χ0n) is 10.2. The Labute approximate surface area is 97.4 Å². The molecule has 1 amide bonds. The molecular formula is C12H21N3O. The highest BCUT2D eigenvalue weighted by molar-refractivity contribution is 5.86. The molecule has 1 atom stereocenters. The Morgan fingerprint density at radius 3 is 2.56 bits per heavy atom. The summed E-state index contributed by atoms with van der Waals surface area (Å²) in [5.41, 5.74) is 5.48. The van der Waals surface area contributed by atoms with Gasteiger partial charge in [-0.25, -0.2) is 0 Å². The first kappa shape index (κ1) is 13.0. The summed E-state index contributed by atoms with van der Waals surface area (Å²) in [5, 5.41) is 8.62. The Morgan fingerprint density at radius 1 is 1.50 bits per heavy atom. The van der Waals surface area contributed by atoms with Crippen LogP contribution in [0.25, 0.3) is 0 Å². The summed E-state index contributed by atoms with van der Waals surface area (Å²) in [7, 11) is 1.74. The second-order valence-corrected chi connectivity index (χ2v) is 4.84. The monoisotopic (exact) mass is 223 g/mol. The lowest BCUT2D eigenvalue weighted by Gasteiger charge is -2.37. The van der Waals surface area contributed by atoms with Gasteiger partial charge in [0.25, 0.3) is 0 Å². The molecule has 90 valence electrons. The van der Waals surface area contributed by atoms with Crippen LogP contribution in [0.2, 0.25) is 0 Å². The molecule has 2 N–H and O–H groups in total. The minimum absolute atomic E-state index is 0.00468. The minimum atomic E-state index is -0.684. The van der Waals surface area contributed by atoms with Gasteiger partial charge in [-0.05, 0) is 19.8 Å². The van der Waals surface area contributed by atoms with Crippen molar-refractivity contribution in [2.24, 2.45) is 5.73 Å². The molecule has 1 saturated carbocycles. The summed E-state index contributed by atoms with van der Waals surface area (Å²) in [6.07, 6.45) is 5.14. The van der Waals surface area contributed by atoms with Crippen LogP contribution in [0.15, 0.2) is 0 Å². The quantitative estimate of drug-likeness (QED) is 0.786. The topological polar surface area (TPSA) is 70.1 Å². The molecule has 16 heavy (non-hydrogen) atoms. The molecule has 4 heteroatoms. The molecule has 1 unspecified atom stereocenters. The van der Waals surface area contributed by atoms with Crippen LogP contribution < -0.4 is 5.73 Å². The number of rotatable bonds is 3. The number of carbonyl (C=O) groups excluding carboxylic acids is 1. The average Bonchev–Trinajstić information content (AvgIpc) is 2.28. The van der Waals surface area contributed by atoms with Gasteiger partial charge in [0.1, 0.15) is 0 Å². The zero-order chi connectivity index (χ0) is 12.2. The number of hydrogen-bond acceptors (Lipinski definition) is 3. The molecule has 0 heterocycles. The van der Waals surface area contributed by atoms with Gasteiger partial charge in [-0.2, -0.15) is 5.26 Å². The van der Waals surface area contributed by atoms with Crippen LogP contribution in [0.5, 0.6) is 0 Å². The fourth-order valence-corrected chi connectivity index (χ4v) is 2.22. The molecule has 1 aliphatic rings. The van der Waals surface area contributed by atoms with Crippen molar-refractivity contribution in [1.82, 2.24) is 4.90 Å². The van der Waals surface area contributed by atoms with E-state index in [9.17, 15) is 4.79 Å². The lowest BCUT2D eigenvalue weighted by molar-refractivity contribution is -0.138. The van der Waals surface area contributed by atoms with Gasteiger partial charge < -0.3 is 10.6 Å². The normalized spacial score (nSPS) is 20.9. The van der Waals surface area contributed by atoms with Crippen LogP contribution >= 0.6 is 0 Å². The van der Waals surface area contributed by atoms with Gasteiger partial charge in [0, 0.05) is 13.1 Å². The lowest BCUT2D eigenvalue weighted by atomic mass is 9.81. The maximum Gasteiger partial charge on any atom is 0.242 e. The van der Waals surface area contributed by atoms with E-state index < -0.39 is 5.54 Å². The number of nitrogens with two attached hydrogens (primary N) is 1. The van der Waals surface area contributed by atoms with Gasteiger partial charge >= 0.3 is 0 Å².